The zero-order chi connectivity index (χ0) is 21.7. The van der Waals surface area contributed by atoms with Crippen LogP contribution in [0.3, 0.4) is 0 Å². The van der Waals surface area contributed by atoms with Gasteiger partial charge in [0.2, 0.25) is 6.10 Å². The van der Waals surface area contributed by atoms with Gasteiger partial charge in [-0.25, -0.2) is 4.79 Å². The third-order valence-corrected chi connectivity index (χ3v) is 4.81. The van der Waals surface area contributed by atoms with Crippen molar-refractivity contribution in [2.24, 2.45) is 0 Å². The Morgan fingerprint density at radius 1 is 0.900 bits per heavy atom. The van der Waals surface area contributed by atoms with E-state index in [-0.39, 0.29) is 0 Å². The van der Waals surface area contributed by atoms with E-state index in [1.807, 2.05) is 75.3 Å². The quantitative estimate of drug-likeness (QED) is 0.596. The van der Waals surface area contributed by atoms with E-state index in [1.54, 1.807) is 30.3 Å². The smallest absolute Gasteiger partial charge is 0.339 e. The first-order chi connectivity index (χ1) is 14.3. The zero-order valence-corrected chi connectivity index (χ0v) is 17.7. The molecule has 0 spiro atoms. The van der Waals surface area contributed by atoms with Gasteiger partial charge in [0.1, 0.15) is 0 Å². The van der Waals surface area contributed by atoms with E-state index in [1.165, 1.54) is 0 Å². The average Bonchev–Trinajstić information content (AvgIpc) is 2.75. The van der Waals surface area contributed by atoms with Crippen LogP contribution in [-0.4, -0.2) is 26.0 Å². The molecule has 0 unspecified atom stereocenters. The Bertz CT molecular complexity index is 1050. The fraction of sp³-hybridized carbons (Fsp3) is 0.200. The Morgan fingerprint density at radius 3 is 2.33 bits per heavy atom. The molecule has 1 N–H and O–H groups in total. The van der Waals surface area contributed by atoms with Gasteiger partial charge in [0.15, 0.2) is 0 Å². The van der Waals surface area contributed by atoms with Crippen LogP contribution in [-0.2, 0) is 9.53 Å². The van der Waals surface area contributed by atoms with Crippen LogP contribution in [0.4, 0.5) is 11.4 Å². The number of amides is 1. The molecular weight excluding hydrogens is 376 g/mol. The summed E-state index contributed by atoms with van der Waals surface area (Å²) in [6.07, 6.45) is -1.07. The SMILES string of the molecule is Cc1ccc(C)c(NC(=O)[C@H](OC(=O)c2cccc(N(C)C)c2)c2ccccc2)c1. The number of esters is 1. The molecular formula is C25H26N2O3. The summed E-state index contributed by atoms with van der Waals surface area (Å²) in [6.45, 7) is 3.88. The highest BCUT2D eigenvalue weighted by atomic mass is 16.5. The molecule has 30 heavy (non-hydrogen) atoms. The first kappa shape index (κ1) is 21.1. The van der Waals surface area contributed by atoms with Crippen molar-refractivity contribution in [2.75, 3.05) is 24.3 Å². The van der Waals surface area contributed by atoms with Gasteiger partial charge in [0, 0.05) is 31.0 Å². The van der Waals surface area contributed by atoms with Gasteiger partial charge in [-0.3, -0.25) is 4.79 Å². The molecule has 3 rings (SSSR count). The maximum absolute atomic E-state index is 13.1. The predicted molar refractivity (Wildman–Crippen MR) is 120 cm³/mol. The normalized spacial score (nSPS) is 11.5. The average molecular weight is 402 g/mol. The molecule has 0 bridgehead atoms. The molecule has 3 aromatic carbocycles. The summed E-state index contributed by atoms with van der Waals surface area (Å²) in [6, 6.07) is 22.0. The topological polar surface area (TPSA) is 58.6 Å². The molecule has 3 aromatic rings. The maximum Gasteiger partial charge on any atom is 0.339 e. The molecule has 1 amide bonds. The molecule has 0 radical (unpaired) electrons. The van der Waals surface area contributed by atoms with Crippen molar-refractivity contribution in [3.05, 3.63) is 95.1 Å². The molecule has 0 aliphatic heterocycles. The number of nitrogens with one attached hydrogen (secondary N) is 1. The number of ether oxygens (including phenoxy) is 1. The van der Waals surface area contributed by atoms with Gasteiger partial charge in [-0.05, 0) is 49.2 Å². The van der Waals surface area contributed by atoms with Crippen molar-refractivity contribution in [1.29, 1.82) is 0 Å². The Labute approximate surface area is 177 Å². The Hall–Kier alpha value is -3.60. The highest BCUT2D eigenvalue weighted by Gasteiger charge is 2.26. The number of carbonyl (C=O) groups is 2. The number of carbonyl (C=O) groups excluding carboxylic acids is 2. The molecule has 154 valence electrons. The van der Waals surface area contributed by atoms with Crippen LogP contribution in [0, 0.1) is 13.8 Å². The molecule has 0 heterocycles. The lowest BCUT2D eigenvalue weighted by Crippen LogP contribution is -2.26. The molecule has 0 fully saturated rings. The fourth-order valence-corrected chi connectivity index (χ4v) is 3.06. The van der Waals surface area contributed by atoms with E-state index in [0.717, 1.165) is 16.8 Å². The summed E-state index contributed by atoms with van der Waals surface area (Å²) in [5, 5.41) is 2.91. The summed E-state index contributed by atoms with van der Waals surface area (Å²) in [4.78, 5) is 27.9. The minimum Gasteiger partial charge on any atom is -0.444 e. The van der Waals surface area contributed by atoms with Crippen LogP contribution >= 0.6 is 0 Å². The van der Waals surface area contributed by atoms with Crippen molar-refractivity contribution < 1.29 is 14.3 Å². The van der Waals surface area contributed by atoms with Gasteiger partial charge in [-0.1, -0.05) is 48.5 Å². The lowest BCUT2D eigenvalue weighted by molar-refractivity contribution is -0.125. The molecule has 0 aliphatic rings. The van der Waals surface area contributed by atoms with Gasteiger partial charge >= 0.3 is 5.97 Å². The van der Waals surface area contributed by atoms with Gasteiger partial charge in [0.05, 0.1) is 5.56 Å². The molecule has 0 saturated carbocycles. The van der Waals surface area contributed by atoms with E-state index in [2.05, 4.69) is 5.32 Å². The standard InChI is InChI=1S/C25H26N2O3/c1-17-13-14-18(2)22(15-17)26-24(28)23(19-9-6-5-7-10-19)30-25(29)20-11-8-12-21(16-20)27(3)4/h5-16,23H,1-4H3,(H,26,28)/t23-/m1/s1. The second-order valence-corrected chi connectivity index (χ2v) is 7.45. The van der Waals surface area contributed by atoms with E-state index in [4.69, 9.17) is 4.74 Å². The van der Waals surface area contributed by atoms with E-state index >= 15 is 0 Å². The van der Waals surface area contributed by atoms with Crippen molar-refractivity contribution in [3.63, 3.8) is 0 Å². The van der Waals surface area contributed by atoms with Crippen LogP contribution in [0.5, 0.6) is 0 Å². The van der Waals surface area contributed by atoms with Gasteiger partial charge in [0.25, 0.3) is 5.91 Å². The molecule has 0 saturated heterocycles. The highest BCUT2D eigenvalue weighted by molar-refractivity contribution is 5.98. The van der Waals surface area contributed by atoms with Crippen LogP contribution in [0.15, 0.2) is 72.8 Å². The van der Waals surface area contributed by atoms with Crippen molar-refractivity contribution in [2.45, 2.75) is 20.0 Å². The number of anilines is 2. The number of aryl methyl sites for hydroxylation is 2. The first-order valence-corrected chi connectivity index (χ1v) is 9.76. The molecule has 0 aromatic heterocycles. The summed E-state index contributed by atoms with van der Waals surface area (Å²) >= 11 is 0. The van der Waals surface area contributed by atoms with Gasteiger partial charge < -0.3 is 15.0 Å². The van der Waals surface area contributed by atoms with Crippen LogP contribution < -0.4 is 10.2 Å². The summed E-state index contributed by atoms with van der Waals surface area (Å²) < 4.78 is 5.69. The van der Waals surface area contributed by atoms with E-state index < -0.39 is 18.0 Å². The van der Waals surface area contributed by atoms with Gasteiger partial charge in [-0.15, -0.1) is 0 Å². The number of benzene rings is 3. The fourth-order valence-electron chi connectivity index (χ4n) is 3.06. The van der Waals surface area contributed by atoms with Crippen LogP contribution in [0.1, 0.15) is 33.2 Å². The number of hydrogen-bond acceptors (Lipinski definition) is 4. The Morgan fingerprint density at radius 2 is 1.63 bits per heavy atom. The lowest BCUT2D eigenvalue weighted by Gasteiger charge is -2.20. The van der Waals surface area contributed by atoms with Crippen LogP contribution in [0.2, 0.25) is 0 Å². The van der Waals surface area contributed by atoms with Crippen molar-refractivity contribution in [1.82, 2.24) is 0 Å². The number of nitrogens with zero attached hydrogens (tertiary/aromatic N) is 1. The van der Waals surface area contributed by atoms with Gasteiger partial charge in [-0.2, -0.15) is 0 Å². The second-order valence-electron chi connectivity index (χ2n) is 7.45. The number of hydrogen-bond donors (Lipinski definition) is 1. The molecule has 0 aliphatic carbocycles. The molecule has 5 nitrogen and oxygen atoms in total. The first-order valence-electron chi connectivity index (χ1n) is 9.76. The van der Waals surface area contributed by atoms with Crippen LogP contribution in [0.25, 0.3) is 0 Å². The monoisotopic (exact) mass is 402 g/mol. The minimum absolute atomic E-state index is 0.390. The Kier molecular flexibility index (Phi) is 6.52. The third kappa shape index (κ3) is 5.06. The third-order valence-electron chi connectivity index (χ3n) is 4.81. The maximum atomic E-state index is 13.1. The minimum atomic E-state index is -1.07. The largest absolute Gasteiger partial charge is 0.444 e. The van der Waals surface area contributed by atoms with Crippen molar-refractivity contribution in [3.8, 4) is 0 Å². The zero-order valence-electron chi connectivity index (χ0n) is 17.7. The van der Waals surface area contributed by atoms with E-state index in [9.17, 15) is 9.59 Å². The van der Waals surface area contributed by atoms with Crippen molar-refractivity contribution >= 4 is 23.3 Å². The summed E-state index contributed by atoms with van der Waals surface area (Å²) in [5.74, 6) is -0.948. The summed E-state index contributed by atoms with van der Waals surface area (Å²) in [7, 11) is 3.80. The Balaban J connectivity index is 1.88. The lowest BCUT2D eigenvalue weighted by atomic mass is 10.1. The highest BCUT2D eigenvalue weighted by Crippen LogP contribution is 2.24. The summed E-state index contributed by atoms with van der Waals surface area (Å²) in [5.41, 5.74) is 4.54. The predicted octanol–water partition coefficient (Wildman–Crippen LogP) is 4.91. The molecule has 1 atom stereocenters. The number of rotatable bonds is 6. The second kappa shape index (κ2) is 9.27. The molecule has 5 heteroatoms. The van der Waals surface area contributed by atoms with E-state index in [0.29, 0.717) is 16.8 Å².